The number of aromatic nitrogens is 4. The number of hydrogen-bond donors (Lipinski definition) is 1. The number of carbonyl (C=O) groups is 1. The maximum absolute atomic E-state index is 13.2. The van der Waals surface area contributed by atoms with Crippen molar-refractivity contribution in [2.75, 3.05) is 49.5 Å². The normalized spacial score (nSPS) is 19.1. The molecule has 0 aliphatic carbocycles. The minimum Gasteiger partial charge on any atom is -0.365 e. The quantitative estimate of drug-likeness (QED) is 0.432. The highest BCUT2D eigenvalue weighted by molar-refractivity contribution is 5.85. The summed E-state index contributed by atoms with van der Waals surface area (Å²) in [4.78, 5) is 34.6. The highest BCUT2D eigenvalue weighted by Crippen LogP contribution is 2.29. The van der Waals surface area contributed by atoms with Gasteiger partial charge in [-0.1, -0.05) is 30.3 Å². The van der Waals surface area contributed by atoms with E-state index in [1.807, 2.05) is 11.2 Å². The van der Waals surface area contributed by atoms with Gasteiger partial charge in [0, 0.05) is 57.9 Å². The van der Waals surface area contributed by atoms with E-state index in [0.717, 1.165) is 81.9 Å². The van der Waals surface area contributed by atoms with Gasteiger partial charge >= 0.3 is 0 Å². The highest BCUT2D eigenvalue weighted by atomic mass is 16.2. The summed E-state index contributed by atoms with van der Waals surface area (Å²) in [6, 6.07) is 11.3. The molecule has 3 aromatic rings. The van der Waals surface area contributed by atoms with Crippen LogP contribution in [-0.4, -0.2) is 80.5 Å². The number of fused-ring (bicyclic) bond motifs is 1. The minimum absolute atomic E-state index is 0.0155. The molecule has 1 aromatic carbocycles. The Hall–Kier alpha value is -3.20. The van der Waals surface area contributed by atoms with Crippen LogP contribution in [0.15, 0.2) is 36.7 Å². The lowest BCUT2D eigenvalue weighted by molar-refractivity contribution is -0.135. The number of anilines is 2. The molecule has 1 amide bonds. The van der Waals surface area contributed by atoms with Gasteiger partial charge in [0.15, 0.2) is 17.0 Å². The van der Waals surface area contributed by atoms with Crippen LogP contribution in [0.2, 0.25) is 0 Å². The lowest BCUT2D eigenvalue weighted by Crippen LogP contribution is -2.45. The van der Waals surface area contributed by atoms with E-state index in [4.69, 9.17) is 15.0 Å². The van der Waals surface area contributed by atoms with Crippen LogP contribution in [-0.2, 0) is 11.3 Å². The molecule has 39 heavy (non-hydrogen) atoms. The van der Waals surface area contributed by atoms with Crippen LogP contribution in [0.4, 0.5) is 11.8 Å². The second-order valence-corrected chi connectivity index (χ2v) is 11.3. The van der Waals surface area contributed by atoms with E-state index >= 15 is 0 Å². The van der Waals surface area contributed by atoms with Crippen LogP contribution >= 0.6 is 0 Å². The SMILES string of the molecule is CCN(CC)C(=O)C1CCCN(c2nc(NC3CCN(Cc4ccccc4)CC3)c3ncn(C(C)C)c3n2)C1. The molecule has 0 bridgehead atoms. The molecular weight excluding hydrogens is 488 g/mol. The van der Waals surface area contributed by atoms with Crippen molar-refractivity contribution < 1.29 is 4.79 Å². The van der Waals surface area contributed by atoms with Gasteiger partial charge < -0.3 is 19.7 Å². The number of benzene rings is 1. The molecule has 2 aliphatic heterocycles. The van der Waals surface area contributed by atoms with Crippen LogP contribution in [0.5, 0.6) is 0 Å². The number of nitrogens with one attached hydrogen (secondary N) is 1. The average molecular weight is 533 g/mol. The predicted molar refractivity (Wildman–Crippen MR) is 157 cm³/mol. The van der Waals surface area contributed by atoms with Crippen molar-refractivity contribution in [2.45, 2.75) is 72.0 Å². The molecule has 2 fully saturated rings. The largest absolute Gasteiger partial charge is 0.365 e. The lowest BCUT2D eigenvalue weighted by atomic mass is 9.96. The van der Waals surface area contributed by atoms with Crippen molar-refractivity contribution in [3.05, 3.63) is 42.2 Å². The van der Waals surface area contributed by atoms with E-state index < -0.39 is 0 Å². The maximum atomic E-state index is 13.2. The van der Waals surface area contributed by atoms with Crippen LogP contribution in [0, 0.1) is 5.92 Å². The van der Waals surface area contributed by atoms with Crippen LogP contribution < -0.4 is 10.2 Å². The molecule has 1 unspecified atom stereocenters. The van der Waals surface area contributed by atoms with Gasteiger partial charge in [-0.05, 0) is 58.9 Å². The van der Waals surface area contributed by atoms with E-state index in [9.17, 15) is 4.79 Å². The van der Waals surface area contributed by atoms with Crippen molar-refractivity contribution in [3.8, 4) is 0 Å². The number of carbonyl (C=O) groups excluding carboxylic acids is 1. The van der Waals surface area contributed by atoms with E-state index in [2.05, 4.69) is 77.7 Å². The smallest absolute Gasteiger partial charge is 0.229 e. The van der Waals surface area contributed by atoms with Gasteiger partial charge in [0.05, 0.1) is 12.2 Å². The third-order valence-electron chi connectivity index (χ3n) is 8.27. The maximum Gasteiger partial charge on any atom is 0.229 e. The number of amides is 1. The summed E-state index contributed by atoms with van der Waals surface area (Å²) in [5, 5.41) is 3.76. The summed E-state index contributed by atoms with van der Waals surface area (Å²) >= 11 is 0. The van der Waals surface area contributed by atoms with E-state index in [1.165, 1.54) is 5.56 Å². The van der Waals surface area contributed by atoms with E-state index in [0.29, 0.717) is 18.5 Å². The molecule has 0 spiro atoms. The molecule has 0 saturated carbocycles. The molecule has 9 nitrogen and oxygen atoms in total. The first-order chi connectivity index (χ1) is 19.0. The van der Waals surface area contributed by atoms with Gasteiger partial charge in [0.2, 0.25) is 11.9 Å². The first-order valence-corrected chi connectivity index (χ1v) is 14.8. The molecule has 1 atom stereocenters. The molecular formula is C30H44N8O. The summed E-state index contributed by atoms with van der Waals surface area (Å²) in [5.41, 5.74) is 3.05. The van der Waals surface area contributed by atoms with Gasteiger partial charge in [0.25, 0.3) is 0 Å². The molecule has 2 saturated heterocycles. The van der Waals surface area contributed by atoms with Crippen LogP contribution in [0.1, 0.15) is 65.0 Å². The standard InChI is InChI=1S/C30H44N8O/c1-5-36(6-2)29(39)24-13-10-16-37(20-24)30-33-27(26-28(34-30)38(21-31-26)22(3)4)32-25-14-17-35(18-15-25)19-23-11-8-7-9-12-23/h7-9,11-12,21-22,24-25H,5-6,10,13-20H2,1-4H3,(H,32,33,34). The predicted octanol–water partition coefficient (Wildman–Crippen LogP) is 4.57. The van der Waals surface area contributed by atoms with Crippen molar-refractivity contribution in [1.82, 2.24) is 29.3 Å². The number of rotatable bonds is 9. The zero-order valence-electron chi connectivity index (χ0n) is 24.0. The number of piperidine rings is 2. The fourth-order valence-corrected chi connectivity index (χ4v) is 5.95. The Kier molecular flexibility index (Phi) is 8.65. The Balaban J connectivity index is 1.34. The highest BCUT2D eigenvalue weighted by Gasteiger charge is 2.31. The summed E-state index contributed by atoms with van der Waals surface area (Å²) in [5.74, 6) is 1.75. The molecule has 4 heterocycles. The van der Waals surface area contributed by atoms with Crippen molar-refractivity contribution in [2.24, 2.45) is 5.92 Å². The summed E-state index contributed by atoms with van der Waals surface area (Å²) in [6.45, 7) is 14.5. The fourth-order valence-electron chi connectivity index (χ4n) is 5.95. The third kappa shape index (κ3) is 6.19. The number of hydrogen-bond acceptors (Lipinski definition) is 7. The van der Waals surface area contributed by atoms with Crippen molar-refractivity contribution >= 4 is 28.8 Å². The number of imidazole rings is 1. The van der Waals surface area contributed by atoms with Gasteiger partial charge in [-0.15, -0.1) is 0 Å². The topological polar surface area (TPSA) is 82.4 Å². The Labute approximate surface area is 232 Å². The number of likely N-dealkylation sites (tertiary alicyclic amines) is 1. The Morgan fingerprint density at radius 2 is 1.79 bits per heavy atom. The van der Waals surface area contributed by atoms with Crippen LogP contribution in [0.3, 0.4) is 0 Å². The summed E-state index contributed by atoms with van der Waals surface area (Å²) < 4.78 is 2.12. The van der Waals surface area contributed by atoms with Crippen molar-refractivity contribution in [1.29, 1.82) is 0 Å². The van der Waals surface area contributed by atoms with Gasteiger partial charge in [0.1, 0.15) is 0 Å². The number of nitrogens with zero attached hydrogens (tertiary/aromatic N) is 7. The van der Waals surface area contributed by atoms with Gasteiger partial charge in [-0.3, -0.25) is 9.69 Å². The Bertz CT molecular complexity index is 1230. The fraction of sp³-hybridized carbons (Fsp3) is 0.600. The average Bonchev–Trinajstić information content (AvgIpc) is 3.40. The third-order valence-corrected chi connectivity index (χ3v) is 8.27. The van der Waals surface area contributed by atoms with E-state index in [1.54, 1.807) is 0 Å². The zero-order valence-corrected chi connectivity index (χ0v) is 24.0. The Morgan fingerprint density at radius 1 is 1.05 bits per heavy atom. The monoisotopic (exact) mass is 532 g/mol. The molecule has 5 rings (SSSR count). The van der Waals surface area contributed by atoms with Gasteiger partial charge in [-0.2, -0.15) is 9.97 Å². The molecule has 9 heteroatoms. The summed E-state index contributed by atoms with van der Waals surface area (Å²) in [6.07, 6.45) is 5.88. The van der Waals surface area contributed by atoms with Crippen LogP contribution in [0.25, 0.3) is 11.2 Å². The first kappa shape index (κ1) is 27.4. The van der Waals surface area contributed by atoms with Gasteiger partial charge in [-0.25, -0.2) is 4.98 Å². The van der Waals surface area contributed by atoms with Crippen molar-refractivity contribution in [3.63, 3.8) is 0 Å². The molecule has 2 aromatic heterocycles. The van der Waals surface area contributed by atoms with E-state index in [-0.39, 0.29) is 17.9 Å². The second kappa shape index (κ2) is 12.3. The molecule has 2 aliphatic rings. The Morgan fingerprint density at radius 3 is 2.49 bits per heavy atom. The molecule has 0 radical (unpaired) electrons. The lowest BCUT2D eigenvalue weighted by Gasteiger charge is -2.35. The zero-order chi connectivity index (χ0) is 27.4. The first-order valence-electron chi connectivity index (χ1n) is 14.8. The minimum atomic E-state index is -0.0155. The molecule has 210 valence electrons. The second-order valence-electron chi connectivity index (χ2n) is 11.3. The summed E-state index contributed by atoms with van der Waals surface area (Å²) in [7, 11) is 0. The molecule has 1 N–H and O–H groups in total.